The number of carbonyl (C=O) groups is 1. The van der Waals surface area contributed by atoms with Crippen LogP contribution in [0.4, 0.5) is 0 Å². The van der Waals surface area contributed by atoms with Crippen molar-refractivity contribution in [3.05, 3.63) is 0 Å². The maximum absolute atomic E-state index is 12.4. The molecule has 0 N–H and O–H groups in total. The molecule has 0 radical (unpaired) electrons. The van der Waals surface area contributed by atoms with E-state index in [0.717, 1.165) is 0 Å². The van der Waals surface area contributed by atoms with Gasteiger partial charge in [0.1, 0.15) is 5.41 Å². The predicted molar refractivity (Wildman–Crippen MR) is 69.9 cm³/mol. The molecule has 0 atom stereocenters. The van der Waals surface area contributed by atoms with E-state index in [1.807, 2.05) is 6.92 Å². The van der Waals surface area contributed by atoms with Crippen molar-refractivity contribution in [1.82, 2.24) is 0 Å². The summed E-state index contributed by atoms with van der Waals surface area (Å²) in [6.45, 7) is 15.0. The van der Waals surface area contributed by atoms with Crippen LogP contribution in [0.2, 0.25) is 0 Å². The Bertz CT molecular complexity index is 242. The van der Waals surface area contributed by atoms with Gasteiger partial charge in [-0.2, -0.15) is 0 Å². The monoisotopic (exact) mass is 244 g/mol. The lowest BCUT2D eigenvalue weighted by Crippen LogP contribution is -2.56. The van der Waals surface area contributed by atoms with Crippen LogP contribution >= 0.6 is 0 Å². The third-order valence-electron chi connectivity index (χ3n) is 3.55. The molecule has 0 heterocycles. The van der Waals surface area contributed by atoms with Crippen molar-refractivity contribution in [1.29, 1.82) is 0 Å². The lowest BCUT2D eigenvalue weighted by molar-refractivity contribution is -0.183. The van der Waals surface area contributed by atoms with Crippen LogP contribution in [0.3, 0.4) is 0 Å². The molecule has 3 nitrogen and oxygen atoms in total. The molecule has 0 rings (SSSR count). The molecule has 3 heteroatoms. The van der Waals surface area contributed by atoms with Crippen molar-refractivity contribution in [3.63, 3.8) is 0 Å². The van der Waals surface area contributed by atoms with Crippen molar-refractivity contribution in [2.45, 2.75) is 48.5 Å². The van der Waals surface area contributed by atoms with E-state index in [-0.39, 0.29) is 16.8 Å². The summed E-state index contributed by atoms with van der Waals surface area (Å²) in [5.74, 6) is -0.165. The summed E-state index contributed by atoms with van der Waals surface area (Å²) in [7, 11) is 1.63. The summed E-state index contributed by atoms with van der Waals surface area (Å²) >= 11 is 0. The van der Waals surface area contributed by atoms with Gasteiger partial charge in [0.05, 0.1) is 13.2 Å². The van der Waals surface area contributed by atoms with Gasteiger partial charge in [-0.25, -0.2) is 0 Å². The Balaban J connectivity index is 5.67. The first-order valence-corrected chi connectivity index (χ1v) is 6.20. The molecular formula is C14H28O3. The minimum atomic E-state index is -0.648. The normalized spacial score (nSPS) is 13.6. The van der Waals surface area contributed by atoms with Gasteiger partial charge in [-0.1, -0.05) is 41.5 Å². The molecule has 102 valence electrons. The van der Waals surface area contributed by atoms with Crippen molar-refractivity contribution in [2.24, 2.45) is 16.2 Å². The lowest BCUT2D eigenvalue weighted by Gasteiger charge is -2.50. The Labute approximate surface area is 106 Å². The van der Waals surface area contributed by atoms with Gasteiger partial charge in [0.25, 0.3) is 0 Å². The number of carbonyl (C=O) groups excluding carboxylic acids is 1. The van der Waals surface area contributed by atoms with E-state index < -0.39 is 5.41 Å². The first-order valence-electron chi connectivity index (χ1n) is 6.20. The van der Waals surface area contributed by atoms with Crippen molar-refractivity contribution >= 4 is 5.97 Å². The van der Waals surface area contributed by atoms with Gasteiger partial charge in [-0.3, -0.25) is 4.79 Å². The second kappa shape index (κ2) is 5.38. The number of ether oxygens (including phenoxy) is 2. The van der Waals surface area contributed by atoms with Gasteiger partial charge < -0.3 is 9.47 Å². The molecule has 0 fully saturated rings. The van der Waals surface area contributed by atoms with E-state index in [9.17, 15) is 4.79 Å². The summed E-state index contributed by atoms with van der Waals surface area (Å²) in [5.41, 5.74) is -1.11. The largest absolute Gasteiger partial charge is 0.465 e. The molecule has 0 amide bonds. The Hall–Kier alpha value is -0.570. The molecule has 17 heavy (non-hydrogen) atoms. The van der Waals surface area contributed by atoms with Gasteiger partial charge in [-0.15, -0.1) is 0 Å². The second-order valence-electron chi connectivity index (χ2n) is 6.56. The molecule has 0 aliphatic carbocycles. The van der Waals surface area contributed by atoms with E-state index in [1.165, 1.54) is 0 Å². The fourth-order valence-electron chi connectivity index (χ4n) is 2.70. The molecule has 0 spiro atoms. The third kappa shape index (κ3) is 3.01. The van der Waals surface area contributed by atoms with Crippen molar-refractivity contribution < 1.29 is 14.3 Å². The topological polar surface area (TPSA) is 35.5 Å². The van der Waals surface area contributed by atoms with E-state index in [4.69, 9.17) is 9.47 Å². The molecule has 0 aromatic carbocycles. The van der Waals surface area contributed by atoms with Crippen LogP contribution in [-0.2, 0) is 14.3 Å². The highest BCUT2D eigenvalue weighted by Crippen LogP contribution is 2.52. The molecular weight excluding hydrogens is 216 g/mol. The summed E-state index contributed by atoms with van der Waals surface area (Å²) in [6, 6.07) is 0. The molecule has 0 bridgehead atoms. The van der Waals surface area contributed by atoms with Gasteiger partial charge >= 0.3 is 5.97 Å². The standard InChI is InChI=1S/C14H28O3/c1-9-17-11(15)14(10-16-8,12(2,3)4)13(5,6)7/h9-10H2,1-8H3. The maximum atomic E-state index is 12.4. The number of hydrogen-bond donors (Lipinski definition) is 0. The van der Waals surface area contributed by atoms with Crippen LogP contribution in [0, 0.1) is 16.2 Å². The minimum absolute atomic E-state index is 0.165. The molecule has 0 saturated carbocycles. The van der Waals surface area contributed by atoms with E-state index in [2.05, 4.69) is 41.5 Å². The van der Waals surface area contributed by atoms with Gasteiger partial charge in [0, 0.05) is 7.11 Å². The molecule has 0 aromatic heterocycles. The fourth-order valence-corrected chi connectivity index (χ4v) is 2.70. The van der Waals surface area contributed by atoms with Crippen molar-refractivity contribution in [3.8, 4) is 0 Å². The Morgan fingerprint density at radius 3 is 1.65 bits per heavy atom. The lowest BCUT2D eigenvalue weighted by atomic mass is 9.54. The average Bonchev–Trinajstić information content (AvgIpc) is 2.09. The summed E-state index contributed by atoms with van der Waals surface area (Å²) in [5, 5.41) is 0. The quantitative estimate of drug-likeness (QED) is 0.712. The molecule has 0 unspecified atom stereocenters. The van der Waals surface area contributed by atoms with Crippen molar-refractivity contribution in [2.75, 3.05) is 20.3 Å². The molecule has 0 aromatic rings. The average molecular weight is 244 g/mol. The molecule has 0 saturated heterocycles. The highest BCUT2D eigenvalue weighted by Gasteiger charge is 2.57. The maximum Gasteiger partial charge on any atom is 0.315 e. The summed E-state index contributed by atoms with van der Waals surface area (Å²) in [6.07, 6.45) is 0. The SMILES string of the molecule is CCOC(=O)C(COC)(C(C)(C)C)C(C)(C)C. The zero-order valence-electron chi connectivity index (χ0n) is 12.6. The number of methoxy groups -OCH3 is 1. The first kappa shape index (κ1) is 16.4. The van der Waals surface area contributed by atoms with Gasteiger partial charge in [-0.05, 0) is 17.8 Å². The molecule has 0 aliphatic rings. The van der Waals surface area contributed by atoms with E-state index >= 15 is 0 Å². The third-order valence-corrected chi connectivity index (χ3v) is 3.55. The van der Waals surface area contributed by atoms with Gasteiger partial charge in [0.15, 0.2) is 0 Å². The minimum Gasteiger partial charge on any atom is -0.465 e. The second-order valence-corrected chi connectivity index (χ2v) is 6.56. The summed E-state index contributed by atoms with van der Waals surface area (Å²) < 4.78 is 10.6. The molecule has 0 aliphatic heterocycles. The highest BCUT2D eigenvalue weighted by molar-refractivity contribution is 5.79. The number of rotatable bonds is 4. The highest BCUT2D eigenvalue weighted by atomic mass is 16.5. The van der Waals surface area contributed by atoms with E-state index in [1.54, 1.807) is 7.11 Å². The zero-order valence-corrected chi connectivity index (χ0v) is 12.6. The van der Waals surface area contributed by atoms with Crippen LogP contribution in [0.5, 0.6) is 0 Å². The Kier molecular flexibility index (Phi) is 5.20. The Morgan fingerprint density at radius 1 is 1.00 bits per heavy atom. The van der Waals surface area contributed by atoms with E-state index in [0.29, 0.717) is 13.2 Å². The van der Waals surface area contributed by atoms with Crippen LogP contribution in [0.15, 0.2) is 0 Å². The number of hydrogen-bond acceptors (Lipinski definition) is 3. The predicted octanol–water partition coefficient (Wildman–Crippen LogP) is 3.27. The van der Waals surface area contributed by atoms with Gasteiger partial charge in [0.2, 0.25) is 0 Å². The van der Waals surface area contributed by atoms with Crippen LogP contribution in [0.1, 0.15) is 48.5 Å². The zero-order chi connectivity index (χ0) is 13.9. The number of esters is 1. The van der Waals surface area contributed by atoms with Crippen LogP contribution in [-0.4, -0.2) is 26.3 Å². The Morgan fingerprint density at radius 2 is 1.41 bits per heavy atom. The first-order chi connectivity index (χ1) is 7.54. The van der Waals surface area contributed by atoms with Crippen LogP contribution in [0.25, 0.3) is 0 Å². The smallest absolute Gasteiger partial charge is 0.315 e. The summed E-state index contributed by atoms with van der Waals surface area (Å²) in [4.78, 5) is 12.4. The van der Waals surface area contributed by atoms with Crippen LogP contribution < -0.4 is 0 Å². The fraction of sp³-hybridized carbons (Fsp3) is 0.929.